The van der Waals surface area contributed by atoms with Crippen molar-refractivity contribution in [1.82, 2.24) is 5.32 Å². The molecule has 0 saturated carbocycles. The van der Waals surface area contributed by atoms with E-state index in [2.05, 4.69) is 16.7 Å². The van der Waals surface area contributed by atoms with Crippen molar-refractivity contribution < 1.29 is 14.6 Å². The minimum atomic E-state index is -0.721. The van der Waals surface area contributed by atoms with Crippen LogP contribution in [-0.2, 0) is 11.2 Å². The summed E-state index contributed by atoms with van der Waals surface area (Å²) in [5, 5.41) is 27.2. The van der Waals surface area contributed by atoms with Gasteiger partial charge in [-0.1, -0.05) is 12.1 Å². The molecular formula is C27H35N3O3. The maximum Gasteiger partial charge on any atom is 0.338 e. The van der Waals surface area contributed by atoms with E-state index in [9.17, 15) is 9.90 Å². The number of esters is 1. The third-order valence-electron chi connectivity index (χ3n) is 6.17. The van der Waals surface area contributed by atoms with Gasteiger partial charge < -0.3 is 20.5 Å². The number of ether oxygens (including phenoxy) is 1. The number of carbonyl (C=O) groups excluding carboxylic acids is 1. The fraction of sp³-hybridized carbons (Fsp3) is 0.481. The van der Waals surface area contributed by atoms with E-state index in [4.69, 9.17) is 10.00 Å². The number of hydrogen-bond acceptors (Lipinski definition) is 6. The lowest BCUT2D eigenvalue weighted by Crippen LogP contribution is -2.49. The van der Waals surface area contributed by atoms with E-state index in [1.54, 1.807) is 12.1 Å². The number of rotatable bonds is 8. The second-order valence-corrected chi connectivity index (χ2v) is 9.86. The topological polar surface area (TPSA) is 94.4 Å². The molecular weight excluding hydrogens is 414 g/mol. The van der Waals surface area contributed by atoms with Crippen molar-refractivity contribution in [1.29, 1.82) is 5.26 Å². The lowest BCUT2D eigenvalue weighted by atomic mass is 9.77. The predicted molar refractivity (Wildman–Crippen MR) is 130 cm³/mol. The van der Waals surface area contributed by atoms with E-state index in [1.807, 2.05) is 57.2 Å². The molecule has 6 nitrogen and oxygen atoms in total. The molecule has 6 heteroatoms. The Morgan fingerprint density at radius 3 is 2.36 bits per heavy atom. The Balaban J connectivity index is 1.64. The lowest BCUT2D eigenvalue weighted by molar-refractivity contribution is -0.0418. The van der Waals surface area contributed by atoms with E-state index in [-0.39, 0.29) is 11.9 Å². The van der Waals surface area contributed by atoms with Gasteiger partial charge in [0.2, 0.25) is 0 Å². The second-order valence-electron chi connectivity index (χ2n) is 9.86. The molecule has 2 aromatic carbocycles. The number of nitriles is 1. The summed E-state index contributed by atoms with van der Waals surface area (Å²) in [6.07, 6.45) is 3.13. The standard InChI is InChI=1S/C27H35N3O3/c1-26(2,3)33-25(31)22-9-12-24(13-10-22)30-19-23(27(32)14-16-29-17-15-27)11-8-20-4-6-21(18-28)7-5-20/h4-7,9-10,12-13,23,29-30,32H,8,11,14-17,19H2,1-3H3. The van der Waals surface area contributed by atoms with Gasteiger partial charge in [0.1, 0.15) is 5.60 Å². The van der Waals surface area contributed by atoms with E-state index >= 15 is 0 Å². The van der Waals surface area contributed by atoms with Gasteiger partial charge >= 0.3 is 5.97 Å². The minimum absolute atomic E-state index is 0.0702. The highest BCUT2D eigenvalue weighted by atomic mass is 16.6. The quantitative estimate of drug-likeness (QED) is 0.521. The van der Waals surface area contributed by atoms with E-state index in [0.29, 0.717) is 17.7 Å². The van der Waals surface area contributed by atoms with Crippen LogP contribution < -0.4 is 10.6 Å². The number of carbonyl (C=O) groups is 1. The first kappa shape index (κ1) is 24.8. The smallest absolute Gasteiger partial charge is 0.338 e. The van der Waals surface area contributed by atoms with Crippen molar-refractivity contribution in [2.75, 3.05) is 25.0 Å². The molecule has 0 bridgehead atoms. The van der Waals surface area contributed by atoms with Crippen LogP contribution in [-0.4, -0.2) is 41.9 Å². The fourth-order valence-corrected chi connectivity index (χ4v) is 4.22. The molecule has 1 aliphatic heterocycles. The van der Waals surface area contributed by atoms with Crippen molar-refractivity contribution in [3.63, 3.8) is 0 Å². The molecule has 1 aliphatic rings. The highest BCUT2D eigenvalue weighted by Gasteiger charge is 2.37. The summed E-state index contributed by atoms with van der Waals surface area (Å²) >= 11 is 0. The highest BCUT2D eigenvalue weighted by molar-refractivity contribution is 5.90. The third-order valence-corrected chi connectivity index (χ3v) is 6.17. The number of piperidine rings is 1. The molecule has 1 atom stereocenters. The van der Waals surface area contributed by atoms with Gasteiger partial charge in [-0.15, -0.1) is 0 Å². The van der Waals surface area contributed by atoms with Crippen molar-refractivity contribution in [2.24, 2.45) is 5.92 Å². The number of aliphatic hydroxyl groups is 1. The Kier molecular flexibility index (Phi) is 8.12. The Morgan fingerprint density at radius 2 is 1.79 bits per heavy atom. The molecule has 0 aromatic heterocycles. The van der Waals surface area contributed by atoms with Crippen LogP contribution in [0.15, 0.2) is 48.5 Å². The minimum Gasteiger partial charge on any atom is -0.456 e. The molecule has 2 aromatic rings. The first-order valence-electron chi connectivity index (χ1n) is 11.7. The molecule has 1 saturated heterocycles. The SMILES string of the molecule is CC(C)(C)OC(=O)c1ccc(NCC(CCc2ccc(C#N)cc2)C2(O)CCNCC2)cc1. The van der Waals surface area contributed by atoms with Crippen LogP contribution in [0.2, 0.25) is 0 Å². The number of benzene rings is 2. The van der Waals surface area contributed by atoms with E-state index in [0.717, 1.165) is 44.5 Å². The van der Waals surface area contributed by atoms with Crippen LogP contribution in [0, 0.1) is 17.2 Å². The molecule has 0 amide bonds. The second kappa shape index (κ2) is 10.8. The predicted octanol–water partition coefficient (Wildman–Crippen LogP) is 4.29. The monoisotopic (exact) mass is 449 g/mol. The van der Waals surface area contributed by atoms with Gasteiger partial charge in [0.05, 0.1) is 22.8 Å². The number of nitrogens with zero attached hydrogens (tertiary/aromatic N) is 1. The van der Waals surface area contributed by atoms with Crippen LogP contribution in [0.25, 0.3) is 0 Å². The van der Waals surface area contributed by atoms with Crippen molar-refractivity contribution in [3.05, 3.63) is 65.2 Å². The van der Waals surface area contributed by atoms with Crippen molar-refractivity contribution in [3.8, 4) is 6.07 Å². The molecule has 0 spiro atoms. The van der Waals surface area contributed by atoms with Gasteiger partial charge in [-0.05, 0) is 102 Å². The van der Waals surface area contributed by atoms with Crippen molar-refractivity contribution in [2.45, 2.75) is 57.7 Å². The van der Waals surface area contributed by atoms with Crippen molar-refractivity contribution >= 4 is 11.7 Å². The van der Waals surface area contributed by atoms with Gasteiger partial charge in [0, 0.05) is 18.2 Å². The zero-order valence-corrected chi connectivity index (χ0v) is 19.9. The highest BCUT2D eigenvalue weighted by Crippen LogP contribution is 2.31. The normalized spacial score (nSPS) is 16.5. The summed E-state index contributed by atoms with van der Waals surface area (Å²) < 4.78 is 5.43. The van der Waals surface area contributed by atoms with Crippen LogP contribution >= 0.6 is 0 Å². The van der Waals surface area contributed by atoms with Gasteiger partial charge in [0.25, 0.3) is 0 Å². The molecule has 0 aliphatic carbocycles. The molecule has 1 heterocycles. The van der Waals surface area contributed by atoms with E-state index < -0.39 is 11.2 Å². The van der Waals surface area contributed by atoms with Gasteiger partial charge in [-0.3, -0.25) is 0 Å². The summed E-state index contributed by atoms with van der Waals surface area (Å²) in [6.45, 7) is 7.82. The summed E-state index contributed by atoms with van der Waals surface area (Å²) in [4.78, 5) is 12.2. The largest absolute Gasteiger partial charge is 0.456 e. The maximum absolute atomic E-state index is 12.2. The van der Waals surface area contributed by atoms with E-state index in [1.165, 1.54) is 5.56 Å². The lowest BCUT2D eigenvalue weighted by Gasteiger charge is -2.40. The first-order valence-corrected chi connectivity index (χ1v) is 11.7. The zero-order valence-electron chi connectivity index (χ0n) is 19.9. The summed E-state index contributed by atoms with van der Waals surface area (Å²) in [5.74, 6) is -0.265. The molecule has 3 N–H and O–H groups in total. The molecule has 3 rings (SSSR count). The zero-order chi connectivity index (χ0) is 23.9. The first-order chi connectivity index (χ1) is 15.7. The Hall–Kier alpha value is -2.88. The number of anilines is 1. The summed E-state index contributed by atoms with van der Waals surface area (Å²) in [7, 11) is 0. The van der Waals surface area contributed by atoms with Crippen LogP contribution in [0.4, 0.5) is 5.69 Å². The average molecular weight is 450 g/mol. The van der Waals surface area contributed by atoms with Crippen LogP contribution in [0.3, 0.4) is 0 Å². The molecule has 1 unspecified atom stereocenters. The Labute approximate surface area is 197 Å². The van der Waals surface area contributed by atoms with Gasteiger partial charge in [-0.25, -0.2) is 4.79 Å². The third kappa shape index (κ3) is 7.31. The fourth-order valence-electron chi connectivity index (χ4n) is 4.22. The molecule has 0 radical (unpaired) electrons. The number of nitrogens with one attached hydrogen (secondary N) is 2. The molecule has 176 valence electrons. The Morgan fingerprint density at radius 1 is 1.15 bits per heavy atom. The van der Waals surface area contributed by atoms with Crippen LogP contribution in [0.5, 0.6) is 0 Å². The molecule has 1 fully saturated rings. The number of aryl methyl sites for hydroxylation is 1. The van der Waals surface area contributed by atoms with Gasteiger partial charge in [0.15, 0.2) is 0 Å². The Bertz CT molecular complexity index is 950. The van der Waals surface area contributed by atoms with Gasteiger partial charge in [-0.2, -0.15) is 5.26 Å². The molecule has 33 heavy (non-hydrogen) atoms. The summed E-state index contributed by atoms with van der Waals surface area (Å²) in [5.41, 5.74) is 2.00. The van der Waals surface area contributed by atoms with Crippen LogP contribution in [0.1, 0.15) is 61.5 Å². The summed E-state index contributed by atoms with van der Waals surface area (Å²) in [6, 6.07) is 17.1. The number of hydrogen-bond donors (Lipinski definition) is 3. The average Bonchev–Trinajstić information content (AvgIpc) is 2.79. The maximum atomic E-state index is 12.2.